The molecule has 3 aromatic rings. The molecule has 0 saturated carbocycles. The van der Waals surface area contributed by atoms with E-state index in [2.05, 4.69) is 9.72 Å². The molecule has 0 aliphatic rings. The maximum Gasteiger partial charge on any atom is 0.407 e. The topological polar surface area (TPSA) is 69.0 Å². The zero-order valence-electron chi connectivity index (χ0n) is 9.64. The van der Waals surface area contributed by atoms with E-state index in [1.165, 1.54) is 13.3 Å². The summed E-state index contributed by atoms with van der Waals surface area (Å²) >= 11 is 0. The fraction of sp³-hybridized carbons (Fsp3) is 0.0769. The van der Waals surface area contributed by atoms with Gasteiger partial charge in [0.2, 0.25) is 0 Å². The Kier molecular flexibility index (Phi) is 2.19. The number of carbonyl (C=O) groups excluding carboxylic acids is 1. The molecule has 90 valence electrons. The number of para-hydroxylation sites is 1. The van der Waals surface area contributed by atoms with Crippen LogP contribution in [0.3, 0.4) is 0 Å². The van der Waals surface area contributed by atoms with Gasteiger partial charge in [0.05, 0.1) is 7.11 Å². The smallest absolute Gasteiger partial charge is 0.407 e. The van der Waals surface area contributed by atoms with Crippen molar-refractivity contribution < 1.29 is 14.3 Å². The summed E-state index contributed by atoms with van der Waals surface area (Å²) in [4.78, 5) is 14.7. The number of pyridine rings is 1. The number of nitrogens with zero attached hydrogens (tertiary/aromatic N) is 1. The van der Waals surface area contributed by atoms with Gasteiger partial charge in [0.1, 0.15) is 5.52 Å². The number of benzene rings is 1. The number of hydrogen-bond acceptors (Lipinski definition) is 3. The Bertz CT molecular complexity index is 761. The number of methoxy groups -OCH3 is 1. The zero-order chi connectivity index (χ0) is 12.7. The van der Waals surface area contributed by atoms with E-state index >= 15 is 0 Å². The van der Waals surface area contributed by atoms with Crippen LogP contribution in [0.4, 0.5) is 0 Å². The van der Waals surface area contributed by atoms with Crippen LogP contribution in [0.2, 0.25) is 0 Å². The van der Waals surface area contributed by atoms with Crippen LogP contribution in [0.1, 0.15) is 10.5 Å². The van der Waals surface area contributed by atoms with E-state index in [4.69, 9.17) is 0 Å². The molecule has 0 amide bonds. The summed E-state index contributed by atoms with van der Waals surface area (Å²) in [6.07, 6.45) is 1.31. The van der Waals surface area contributed by atoms with Crippen molar-refractivity contribution in [2.24, 2.45) is 0 Å². The van der Waals surface area contributed by atoms with Crippen LogP contribution >= 0.6 is 0 Å². The predicted molar refractivity (Wildman–Crippen MR) is 66.1 cm³/mol. The van der Waals surface area contributed by atoms with Crippen LogP contribution in [0.25, 0.3) is 21.8 Å². The molecule has 2 heterocycles. The Morgan fingerprint density at radius 2 is 2.06 bits per heavy atom. The van der Waals surface area contributed by atoms with Crippen molar-refractivity contribution in [1.82, 2.24) is 4.98 Å². The molecule has 2 aromatic heterocycles. The Hall–Kier alpha value is -2.56. The number of aromatic nitrogens is 2. The molecule has 3 rings (SSSR count). The van der Waals surface area contributed by atoms with Gasteiger partial charge in [0, 0.05) is 22.4 Å². The molecule has 18 heavy (non-hydrogen) atoms. The number of ether oxygens (including phenoxy) is 1. The third-order valence-corrected chi connectivity index (χ3v) is 2.96. The largest absolute Gasteiger partial charge is 0.618 e. The highest BCUT2D eigenvalue weighted by atomic mass is 16.5. The van der Waals surface area contributed by atoms with Gasteiger partial charge in [-0.1, -0.05) is 18.2 Å². The third-order valence-electron chi connectivity index (χ3n) is 2.96. The first-order chi connectivity index (χ1) is 8.72. The molecule has 0 aliphatic carbocycles. The number of nitrogens with one attached hydrogen (secondary N) is 1. The summed E-state index contributed by atoms with van der Waals surface area (Å²) < 4.78 is 5.16. The van der Waals surface area contributed by atoms with Crippen LogP contribution in [0.5, 0.6) is 0 Å². The zero-order valence-corrected chi connectivity index (χ0v) is 9.64. The van der Waals surface area contributed by atoms with E-state index in [1.54, 1.807) is 6.07 Å². The van der Waals surface area contributed by atoms with Crippen molar-refractivity contribution in [1.29, 1.82) is 0 Å². The molecule has 0 atom stereocenters. The summed E-state index contributed by atoms with van der Waals surface area (Å²) in [6, 6.07) is 9.32. The van der Waals surface area contributed by atoms with E-state index in [0.29, 0.717) is 10.2 Å². The van der Waals surface area contributed by atoms with Gasteiger partial charge >= 0.3 is 11.7 Å². The second-order valence-electron chi connectivity index (χ2n) is 3.94. The number of esters is 1. The molecule has 1 aromatic carbocycles. The van der Waals surface area contributed by atoms with Crippen molar-refractivity contribution in [3.8, 4) is 0 Å². The van der Waals surface area contributed by atoms with Gasteiger partial charge in [-0.05, 0) is 6.07 Å². The molecule has 0 unspecified atom stereocenters. The number of H-pyrrole nitrogens is 1. The lowest BCUT2D eigenvalue weighted by Gasteiger charge is -2.02. The minimum absolute atomic E-state index is 0.0220. The second-order valence-corrected chi connectivity index (χ2v) is 3.94. The molecule has 0 spiro atoms. The maximum atomic E-state index is 11.7. The lowest BCUT2D eigenvalue weighted by Crippen LogP contribution is -2.34. The summed E-state index contributed by atoms with van der Waals surface area (Å²) in [5.41, 5.74) is 1.36. The summed E-state index contributed by atoms with van der Waals surface area (Å²) in [5, 5.41) is 13.5. The van der Waals surface area contributed by atoms with Gasteiger partial charge in [0.15, 0.2) is 6.20 Å². The number of aromatic amines is 1. The number of fused-ring (bicyclic) bond motifs is 3. The molecule has 0 aliphatic heterocycles. The minimum Gasteiger partial charge on any atom is -0.618 e. The molecule has 0 radical (unpaired) electrons. The van der Waals surface area contributed by atoms with Gasteiger partial charge in [-0.15, -0.1) is 0 Å². The Morgan fingerprint density at radius 1 is 1.28 bits per heavy atom. The first-order valence-electron chi connectivity index (χ1n) is 5.43. The van der Waals surface area contributed by atoms with Gasteiger partial charge in [-0.2, -0.15) is 4.73 Å². The van der Waals surface area contributed by atoms with Crippen molar-refractivity contribution >= 4 is 27.8 Å². The minimum atomic E-state index is -0.651. The first-order valence-corrected chi connectivity index (χ1v) is 5.43. The molecule has 5 nitrogen and oxygen atoms in total. The maximum absolute atomic E-state index is 11.7. The van der Waals surface area contributed by atoms with Crippen LogP contribution in [0, 0.1) is 5.21 Å². The monoisotopic (exact) mass is 242 g/mol. The fourth-order valence-electron chi connectivity index (χ4n) is 2.14. The number of hydrogen-bond donors (Lipinski definition) is 1. The molecule has 1 N–H and O–H groups in total. The van der Waals surface area contributed by atoms with Gasteiger partial charge in [-0.3, -0.25) is 0 Å². The lowest BCUT2D eigenvalue weighted by molar-refractivity contribution is -0.606. The molecular weight excluding hydrogens is 232 g/mol. The highest BCUT2D eigenvalue weighted by Gasteiger charge is 2.23. The first kappa shape index (κ1) is 10.6. The highest BCUT2D eigenvalue weighted by molar-refractivity contribution is 6.12. The van der Waals surface area contributed by atoms with Crippen LogP contribution < -0.4 is 4.73 Å². The SMILES string of the molecule is COC(=O)c1c2[nH]c3ccccc3c2cc[n+]1[O-]. The Balaban J connectivity index is 2.47. The van der Waals surface area contributed by atoms with Gasteiger partial charge in [0.25, 0.3) is 0 Å². The summed E-state index contributed by atoms with van der Waals surface area (Å²) in [7, 11) is 1.25. The summed E-state index contributed by atoms with van der Waals surface area (Å²) in [6.45, 7) is 0. The second kappa shape index (κ2) is 3.73. The average Bonchev–Trinajstić information content (AvgIpc) is 2.76. The van der Waals surface area contributed by atoms with E-state index in [9.17, 15) is 10.0 Å². The third kappa shape index (κ3) is 1.34. The fourth-order valence-corrected chi connectivity index (χ4v) is 2.14. The number of carbonyl (C=O) groups is 1. The lowest BCUT2D eigenvalue weighted by atomic mass is 10.1. The van der Waals surface area contributed by atoms with E-state index < -0.39 is 5.97 Å². The van der Waals surface area contributed by atoms with Gasteiger partial charge in [-0.25, -0.2) is 4.79 Å². The Labute approximate surface area is 102 Å². The predicted octanol–water partition coefficient (Wildman–Crippen LogP) is 1.74. The number of rotatable bonds is 1. The van der Waals surface area contributed by atoms with Gasteiger partial charge < -0.3 is 14.9 Å². The van der Waals surface area contributed by atoms with Crippen molar-refractivity contribution in [3.63, 3.8) is 0 Å². The van der Waals surface area contributed by atoms with Crippen LogP contribution in [-0.4, -0.2) is 18.1 Å². The molecule has 0 fully saturated rings. The molecular formula is C13H10N2O3. The van der Waals surface area contributed by atoms with Crippen molar-refractivity contribution in [2.75, 3.05) is 7.11 Å². The van der Waals surface area contributed by atoms with Crippen LogP contribution in [-0.2, 0) is 4.74 Å². The summed E-state index contributed by atoms with van der Waals surface area (Å²) in [5.74, 6) is -0.651. The highest BCUT2D eigenvalue weighted by Crippen LogP contribution is 2.25. The average molecular weight is 242 g/mol. The van der Waals surface area contributed by atoms with E-state index in [0.717, 1.165) is 16.3 Å². The molecule has 5 heteroatoms. The Morgan fingerprint density at radius 3 is 2.83 bits per heavy atom. The van der Waals surface area contributed by atoms with E-state index in [1.807, 2.05) is 24.3 Å². The normalized spacial score (nSPS) is 10.9. The molecule has 0 saturated heterocycles. The van der Waals surface area contributed by atoms with Crippen molar-refractivity contribution in [3.05, 3.63) is 47.4 Å². The van der Waals surface area contributed by atoms with Crippen LogP contribution in [0.15, 0.2) is 36.5 Å². The molecule has 0 bridgehead atoms. The van der Waals surface area contributed by atoms with E-state index in [-0.39, 0.29) is 5.69 Å². The standard InChI is InChI=1S/C13H10N2O3/c1-18-13(16)12-11-9(6-7-15(12)17)8-4-2-3-5-10(8)14-11/h2-7,14H,1H3. The van der Waals surface area contributed by atoms with Crippen molar-refractivity contribution in [2.45, 2.75) is 0 Å². The quantitative estimate of drug-likeness (QED) is 0.401.